The van der Waals surface area contributed by atoms with E-state index in [0.717, 1.165) is 28.8 Å². The summed E-state index contributed by atoms with van der Waals surface area (Å²) in [5.74, 6) is -0.121. The van der Waals surface area contributed by atoms with Crippen LogP contribution in [0.25, 0.3) is 11.3 Å². The largest absolute Gasteiger partial charge is 0.399 e. The molecule has 1 aliphatic rings. The molecule has 5 heteroatoms. The number of ether oxygens (including phenoxy) is 1. The summed E-state index contributed by atoms with van der Waals surface area (Å²) in [6.45, 7) is 1.20. The Bertz CT molecular complexity index is 914. The number of anilines is 1. The first-order valence-corrected chi connectivity index (χ1v) is 7.87. The van der Waals surface area contributed by atoms with Gasteiger partial charge in [0.2, 0.25) is 0 Å². The van der Waals surface area contributed by atoms with Crippen LogP contribution in [0.2, 0.25) is 0 Å². The van der Waals surface area contributed by atoms with E-state index in [1.165, 1.54) is 4.68 Å². The molecule has 0 atom stereocenters. The number of nitrogen functional groups attached to an aromatic ring is 1. The number of hydrogen-bond acceptors (Lipinski definition) is 4. The Labute approximate surface area is 139 Å². The fourth-order valence-electron chi connectivity index (χ4n) is 3.03. The monoisotopic (exact) mass is 319 g/mol. The van der Waals surface area contributed by atoms with Crippen molar-refractivity contribution < 1.29 is 9.53 Å². The number of carbonyl (C=O) groups is 1. The van der Waals surface area contributed by atoms with Gasteiger partial charge in [-0.3, -0.25) is 4.79 Å². The molecule has 0 spiro atoms. The van der Waals surface area contributed by atoms with Crippen molar-refractivity contribution in [3.8, 4) is 11.3 Å². The van der Waals surface area contributed by atoms with Crippen molar-refractivity contribution in [2.24, 2.45) is 0 Å². The van der Waals surface area contributed by atoms with Gasteiger partial charge >= 0.3 is 0 Å². The molecule has 120 valence electrons. The molecule has 0 amide bonds. The van der Waals surface area contributed by atoms with Gasteiger partial charge in [0.25, 0.3) is 5.91 Å². The molecule has 1 aromatic heterocycles. The van der Waals surface area contributed by atoms with E-state index < -0.39 is 0 Å². The van der Waals surface area contributed by atoms with Gasteiger partial charge < -0.3 is 10.5 Å². The van der Waals surface area contributed by atoms with Gasteiger partial charge in [0, 0.05) is 23.0 Å². The molecule has 0 radical (unpaired) electrons. The summed E-state index contributed by atoms with van der Waals surface area (Å²) < 4.78 is 6.86. The summed E-state index contributed by atoms with van der Waals surface area (Å²) in [5, 5.41) is 4.43. The van der Waals surface area contributed by atoms with Crippen LogP contribution in [0, 0.1) is 0 Å². The molecule has 0 saturated carbocycles. The van der Waals surface area contributed by atoms with E-state index in [0.29, 0.717) is 24.5 Å². The van der Waals surface area contributed by atoms with Gasteiger partial charge in [-0.1, -0.05) is 24.3 Å². The van der Waals surface area contributed by atoms with Crippen LogP contribution >= 0.6 is 0 Å². The molecule has 0 saturated heterocycles. The molecular formula is C19H17N3O2. The SMILES string of the molecule is Nc1cccc(-c2ccn(C(=O)c3cccc4c3CCOC4)n2)c1. The Morgan fingerprint density at radius 3 is 2.92 bits per heavy atom. The molecule has 0 aliphatic carbocycles. The molecule has 3 aromatic rings. The lowest BCUT2D eigenvalue weighted by molar-refractivity contribution is 0.0933. The minimum absolute atomic E-state index is 0.121. The number of nitrogens with zero attached hydrogens (tertiary/aromatic N) is 2. The average molecular weight is 319 g/mol. The predicted octanol–water partition coefficient (Wildman–Crippen LogP) is 2.89. The molecule has 0 bridgehead atoms. The third kappa shape index (κ3) is 2.59. The summed E-state index contributed by atoms with van der Waals surface area (Å²) in [5.41, 5.74) is 10.9. The average Bonchev–Trinajstić information content (AvgIpc) is 3.11. The first-order valence-electron chi connectivity index (χ1n) is 7.87. The van der Waals surface area contributed by atoms with Crippen molar-refractivity contribution in [3.63, 3.8) is 0 Å². The van der Waals surface area contributed by atoms with Crippen molar-refractivity contribution in [1.29, 1.82) is 0 Å². The van der Waals surface area contributed by atoms with Crippen molar-refractivity contribution in [3.05, 3.63) is 71.4 Å². The molecule has 5 nitrogen and oxygen atoms in total. The normalized spacial score (nSPS) is 13.5. The number of nitrogens with two attached hydrogens (primary N) is 1. The molecule has 24 heavy (non-hydrogen) atoms. The van der Waals surface area contributed by atoms with E-state index in [1.807, 2.05) is 48.5 Å². The number of aromatic nitrogens is 2. The van der Waals surface area contributed by atoms with E-state index in [-0.39, 0.29) is 5.91 Å². The minimum atomic E-state index is -0.121. The second-order valence-corrected chi connectivity index (χ2v) is 5.82. The van der Waals surface area contributed by atoms with Gasteiger partial charge in [-0.25, -0.2) is 4.68 Å². The zero-order valence-electron chi connectivity index (χ0n) is 13.1. The highest BCUT2D eigenvalue weighted by atomic mass is 16.5. The second-order valence-electron chi connectivity index (χ2n) is 5.82. The first-order chi connectivity index (χ1) is 11.7. The van der Waals surface area contributed by atoms with Crippen LogP contribution in [0.1, 0.15) is 21.5 Å². The number of carbonyl (C=O) groups excluding carboxylic acids is 1. The molecule has 2 aromatic carbocycles. The Hall–Kier alpha value is -2.92. The molecular weight excluding hydrogens is 302 g/mol. The Morgan fingerprint density at radius 1 is 1.17 bits per heavy atom. The van der Waals surface area contributed by atoms with Crippen molar-refractivity contribution >= 4 is 11.6 Å². The van der Waals surface area contributed by atoms with Gasteiger partial charge in [-0.2, -0.15) is 5.10 Å². The third-order valence-corrected chi connectivity index (χ3v) is 4.24. The molecule has 2 heterocycles. The van der Waals surface area contributed by atoms with E-state index >= 15 is 0 Å². The zero-order chi connectivity index (χ0) is 16.5. The number of rotatable bonds is 2. The summed E-state index contributed by atoms with van der Waals surface area (Å²) in [4.78, 5) is 12.9. The maximum absolute atomic E-state index is 12.9. The van der Waals surface area contributed by atoms with Gasteiger partial charge in [0.1, 0.15) is 0 Å². The van der Waals surface area contributed by atoms with Crippen molar-refractivity contribution in [2.75, 3.05) is 12.3 Å². The van der Waals surface area contributed by atoms with Crippen LogP contribution in [0.15, 0.2) is 54.7 Å². The topological polar surface area (TPSA) is 70.1 Å². The Kier molecular flexibility index (Phi) is 3.63. The molecule has 0 unspecified atom stereocenters. The van der Waals surface area contributed by atoms with Gasteiger partial charge in [-0.05, 0) is 41.8 Å². The highest BCUT2D eigenvalue weighted by molar-refractivity contribution is 5.97. The van der Waals surface area contributed by atoms with E-state index in [2.05, 4.69) is 5.10 Å². The van der Waals surface area contributed by atoms with Crippen molar-refractivity contribution in [1.82, 2.24) is 9.78 Å². The zero-order valence-corrected chi connectivity index (χ0v) is 13.1. The maximum Gasteiger partial charge on any atom is 0.278 e. The highest BCUT2D eigenvalue weighted by Crippen LogP contribution is 2.23. The summed E-state index contributed by atoms with van der Waals surface area (Å²) >= 11 is 0. The van der Waals surface area contributed by atoms with E-state index in [9.17, 15) is 4.79 Å². The van der Waals surface area contributed by atoms with E-state index in [4.69, 9.17) is 10.5 Å². The van der Waals surface area contributed by atoms with Gasteiger partial charge in [0.05, 0.1) is 18.9 Å². The van der Waals surface area contributed by atoms with Crippen LogP contribution in [0.5, 0.6) is 0 Å². The molecule has 4 rings (SSSR count). The fraction of sp³-hybridized carbons (Fsp3) is 0.158. The summed E-state index contributed by atoms with van der Waals surface area (Å²) in [6.07, 6.45) is 2.44. The van der Waals surface area contributed by atoms with Crippen LogP contribution in [-0.2, 0) is 17.8 Å². The number of benzene rings is 2. The Balaban J connectivity index is 1.69. The first kappa shape index (κ1) is 14.7. The standard InChI is InChI=1S/C19H17N3O2/c20-15-5-1-3-13(11-15)18-7-9-22(21-18)19(23)17-6-2-4-14-12-24-10-8-16(14)17/h1-7,9,11H,8,10,12,20H2. The van der Waals surface area contributed by atoms with Crippen LogP contribution in [0.4, 0.5) is 5.69 Å². The van der Waals surface area contributed by atoms with E-state index in [1.54, 1.807) is 6.20 Å². The van der Waals surface area contributed by atoms with Crippen LogP contribution < -0.4 is 5.73 Å². The smallest absolute Gasteiger partial charge is 0.278 e. The lowest BCUT2D eigenvalue weighted by atomic mass is 9.97. The quantitative estimate of drug-likeness (QED) is 0.737. The highest BCUT2D eigenvalue weighted by Gasteiger charge is 2.19. The predicted molar refractivity (Wildman–Crippen MR) is 91.6 cm³/mol. The molecule has 1 aliphatic heterocycles. The molecule has 0 fully saturated rings. The number of hydrogen-bond donors (Lipinski definition) is 1. The lowest BCUT2D eigenvalue weighted by Gasteiger charge is -2.18. The Morgan fingerprint density at radius 2 is 2.04 bits per heavy atom. The summed E-state index contributed by atoms with van der Waals surface area (Å²) in [7, 11) is 0. The fourth-order valence-corrected chi connectivity index (χ4v) is 3.03. The second kappa shape index (κ2) is 5.94. The molecule has 2 N–H and O–H groups in total. The number of fused-ring (bicyclic) bond motifs is 1. The van der Waals surface area contributed by atoms with Crippen LogP contribution in [0.3, 0.4) is 0 Å². The van der Waals surface area contributed by atoms with Crippen LogP contribution in [-0.4, -0.2) is 22.3 Å². The van der Waals surface area contributed by atoms with Gasteiger partial charge in [-0.15, -0.1) is 0 Å². The third-order valence-electron chi connectivity index (χ3n) is 4.24. The van der Waals surface area contributed by atoms with Gasteiger partial charge in [0.15, 0.2) is 0 Å². The lowest BCUT2D eigenvalue weighted by Crippen LogP contribution is -2.19. The summed E-state index contributed by atoms with van der Waals surface area (Å²) in [6, 6.07) is 15.0. The minimum Gasteiger partial charge on any atom is -0.399 e. The maximum atomic E-state index is 12.9. The van der Waals surface area contributed by atoms with Crippen molar-refractivity contribution in [2.45, 2.75) is 13.0 Å².